The van der Waals surface area contributed by atoms with E-state index in [-0.39, 0.29) is 17.7 Å². The van der Waals surface area contributed by atoms with E-state index in [1.165, 1.54) is 10.9 Å². The van der Waals surface area contributed by atoms with Gasteiger partial charge in [0.25, 0.3) is 17.7 Å². The number of hydrogen-bond donors (Lipinski definition) is 7. The fourth-order valence-electron chi connectivity index (χ4n) is 6.03. The molecule has 6 N–H and O–H groups in total. The van der Waals surface area contributed by atoms with E-state index in [1.807, 2.05) is 98.0 Å². The molecule has 12 nitrogen and oxygen atoms in total. The molecule has 0 saturated heterocycles. The van der Waals surface area contributed by atoms with E-state index < -0.39 is 0 Å². The Balaban J connectivity index is 0.000000145. The molecule has 62 heavy (non-hydrogen) atoms. The number of aromatic amines is 3. The van der Waals surface area contributed by atoms with Crippen molar-refractivity contribution in [2.45, 2.75) is 38.3 Å². The smallest absolute Gasteiger partial charge is 0.252 e. The molecule has 0 aliphatic rings. The van der Waals surface area contributed by atoms with Crippen molar-refractivity contribution in [1.29, 1.82) is 0 Å². The number of benzene rings is 6. The Bertz CT molecular complexity index is 2960. The number of rotatable bonds is 7. The average molecular weight is 880 g/mol. The molecule has 314 valence electrons. The molecule has 3 heterocycles. The number of carbonyl (C=O) groups is 3. The number of nitrogens with zero attached hydrogens (tertiary/aromatic N) is 3. The molecule has 0 aliphatic carbocycles. The van der Waals surface area contributed by atoms with Crippen molar-refractivity contribution in [3.05, 3.63) is 168 Å². The van der Waals surface area contributed by atoms with Gasteiger partial charge < -0.3 is 16.0 Å². The maximum absolute atomic E-state index is 11.9. The van der Waals surface area contributed by atoms with Gasteiger partial charge in [0.05, 0.1) is 45.6 Å². The first-order chi connectivity index (χ1) is 30.1. The first-order valence-electron chi connectivity index (χ1n) is 19.3. The number of H-pyrrole nitrogens is 3. The molecule has 0 saturated carbocycles. The Kier molecular flexibility index (Phi) is 15.6. The third-order valence-corrected chi connectivity index (χ3v) is 11.8. The van der Waals surface area contributed by atoms with Gasteiger partial charge >= 0.3 is 0 Å². The quantitative estimate of drug-likeness (QED) is 0.0776. The standard InChI is InChI=1S/C16H15N3OS.C15H13N3OS.C8H8N2.C8H9NOS/c1-10-12-8-7-11(9-14(12)19-18-10)21-15-6-4-3-5-13(15)16(20)17-2;1-16-15(19)12-4-2-3-5-14(12)20-11-7-6-10-9-17-18-13(10)8-11;1-6-2-3-7-5-9-10-8(7)4-6;1-9-8(10)6-4-2-3-5-7(6)11/h3-9H,1-2H3,(H,17,20)(H,18,19);2-9H,1H3,(H,16,19)(H,17,18);2-5H,1H3,(H,9,10);2-5,11H,1H3,(H,9,10). The Morgan fingerprint density at radius 3 is 1.61 bits per heavy atom. The summed E-state index contributed by atoms with van der Waals surface area (Å²) in [6.07, 6.45) is 3.62. The predicted octanol–water partition coefficient (Wildman–Crippen LogP) is 9.66. The highest BCUT2D eigenvalue weighted by Gasteiger charge is 2.13. The highest BCUT2D eigenvalue weighted by atomic mass is 32.2. The minimum atomic E-state index is -0.101. The van der Waals surface area contributed by atoms with Gasteiger partial charge in [0, 0.05) is 67.5 Å². The second-order valence-corrected chi connectivity index (χ2v) is 16.3. The van der Waals surface area contributed by atoms with Crippen molar-refractivity contribution in [1.82, 2.24) is 46.5 Å². The number of carbonyl (C=O) groups excluding carboxylic acids is 3. The average Bonchev–Trinajstić information content (AvgIpc) is 4.06. The molecule has 0 unspecified atom stereocenters. The molecule has 9 rings (SSSR count). The second kappa shape index (κ2) is 21.6. The van der Waals surface area contributed by atoms with Crippen LogP contribution < -0.4 is 16.0 Å². The molecule has 0 atom stereocenters. The maximum Gasteiger partial charge on any atom is 0.252 e. The van der Waals surface area contributed by atoms with E-state index in [1.54, 1.807) is 63.0 Å². The van der Waals surface area contributed by atoms with Gasteiger partial charge in [0.2, 0.25) is 0 Å². The number of fused-ring (bicyclic) bond motifs is 3. The van der Waals surface area contributed by atoms with Crippen LogP contribution in [0.2, 0.25) is 0 Å². The van der Waals surface area contributed by atoms with Crippen LogP contribution in [-0.4, -0.2) is 69.5 Å². The lowest BCUT2D eigenvalue weighted by Gasteiger charge is -2.07. The zero-order chi connectivity index (χ0) is 44.0. The molecule has 3 amide bonds. The Labute approximate surface area is 372 Å². The van der Waals surface area contributed by atoms with Crippen molar-refractivity contribution < 1.29 is 14.4 Å². The van der Waals surface area contributed by atoms with Crippen LogP contribution in [0.5, 0.6) is 0 Å². The van der Waals surface area contributed by atoms with Gasteiger partial charge in [-0.05, 0) is 92.2 Å². The van der Waals surface area contributed by atoms with E-state index in [9.17, 15) is 14.4 Å². The van der Waals surface area contributed by atoms with E-state index in [0.717, 1.165) is 52.6 Å². The molecule has 9 aromatic rings. The minimum absolute atomic E-state index is 0.0734. The topological polar surface area (TPSA) is 173 Å². The highest BCUT2D eigenvalue weighted by molar-refractivity contribution is 7.99. The normalized spacial score (nSPS) is 10.4. The number of hydrogen-bond acceptors (Lipinski definition) is 9. The highest BCUT2D eigenvalue weighted by Crippen LogP contribution is 2.33. The van der Waals surface area contributed by atoms with Crippen LogP contribution in [0.15, 0.2) is 164 Å². The lowest BCUT2D eigenvalue weighted by atomic mass is 10.2. The van der Waals surface area contributed by atoms with Crippen LogP contribution in [0, 0.1) is 13.8 Å². The minimum Gasteiger partial charge on any atom is -0.355 e. The van der Waals surface area contributed by atoms with Crippen LogP contribution >= 0.6 is 36.2 Å². The fraction of sp³-hybridized carbons (Fsp3) is 0.106. The fourth-order valence-corrected chi connectivity index (χ4v) is 8.25. The summed E-state index contributed by atoms with van der Waals surface area (Å²) < 4.78 is 0. The summed E-state index contributed by atoms with van der Waals surface area (Å²) in [6.45, 7) is 4.07. The van der Waals surface area contributed by atoms with Crippen LogP contribution in [0.4, 0.5) is 0 Å². The summed E-state index contributed by atoms with van der Waals surface area (Å²) in [5.74, 6) is -0.249. The summed E-state index contributed by atoms with van der Waals surface area (Å²) in [5, 5.41) is 32.3. The third kappa shape index (κ3) is 11.5. The molecule has 0 fully saturated rings. The van der Waals surface area contributed by atoms with E-state index in [2.05, 4.69) is 96.4 Å². The summed E-state index contributed by atoms with van der Waals surface area (Å²) in [4.78, 5) is 39.5. The Morgan fingerprint density at radius 1 is 0.548 bits per heavy atom. The lowest BCUT2D eigenvalue weighted by Crippen LogP contribution is -2.18. The molecule has 15 heteroatoms. The van der Waals surface area contributed by atoms with Crippen molar-refractivity contribution in [3.63, 3.8) is 0 Å². The van der Waals surface area contributed by atoms with Crippen molar-refractivity contribution >= 4 is 86.6 Å². The van der Waals surface area contributed by atoms with Crippen LogP contribution in [0.3, 0.4) is 0 Å². The molecular formula is C47H45N9O3S3. The van der Waals surface area contributed by atoms with Crippen molar-refractivity contribution in [2.75, 3.05) is 21.1 Å². The number of amides is 3. The summed E-state index contributed by atoms with van der Waals surface area (Å²) in [7, 11) is 4.88. The number of nitrogens with one attached hydrogen (secondary N) is 6. The maximum atomic E-state index is 11.9. The molecular weight excluding hydrogens is 835 g/mol. The van der Waals surface area contributed by atoms with E-state index >= 15 is 0 Å². The molecule has 0 bridgehead atoms. The lowest BCUT2D eigenvalue weighted by molar-refractivity contribution is 0.0952. The largest absolute Gasteiger partial charge is 0.355 e. The SMILES string of the molecule is CNC(=O)c1ccccc1S.CNC(=O)c1ccccc1Sc1ccc2c(C)[nH]nc2c1.CNC(=O)c1ccccc1Sc1ccc2cn[nH]c2c1.Cc1ccc2cn[nH]c2c1. The second-order valence-electron chi connectivity index (χ2n) is 13.6. The van der Waals surface area contributed by atoms with Crippen LogP contribution in [-0.2, 0) is 0 Å². The van der Waals surface area contributed by atoms with Gasteiger partial charge in [0.15, 0.2) is 0 Å². The van der Waals surface area contributed by atoms with Crippen LogP contribution in [0.1, 0.15) is 42.3 Å². The van der Waals surface area contributed by atoms with Gasteiger partial charge in [-0.3, -0.25) is 29.7 Å². The van der Waals surface area contributed by atoms with E-state index in [0.29, 0.717) is 21.6 Å². The Morgan fingerprint density at radius 2 is 1.03 bits per heavy atom. The molecule has 0 aliphatic heterocycles. The molecule has 0 spiro atoms. The van der Waals surface area contributed by atoms with Crippen LogP contribution in [0.25, 0.3) is 32.7 Å². The van der Waals surface area contributed by atoms with E-state index in [4.69, 9.17) is 0 Å². The zero-order valence-electron chi connectivity index (χ0n) is 34.6. The zero-order valence-corrected chi connectivity index (χ0v) is 37.1. The number of thiol groups is 1. The first kappa shape index (κ1) is 44.7. The molecule has 0 radical (unpaired) electrons. The molecule has 3 aromatic heterocycles. The van der Waals surface area contributed by atoms with Gasteiger partial charge in [-0.25, -0.2) is 0 Å². The monoisotopic (exact) mass is 879 g/mol. The number of aromatic nitrogens is 6. The first-order valence-corrected chi connectivity index (χ1v) is 21.4. The van der Waals surface area contributed by atoms with Gasteiger partial charge in [-0.1, -0.05) is 78.1 Å². The summed E-state index contributed by atoms with van der Waals surface area (Å²) in [5.41, 5.74) is 7.35. The molecule has 6 aromatic carbocycles. The van der Waals surface area contributed by atoms with Gasteiger partial charge in [0.1, 0.15) is 0 Å². The van der Waals surface area contributed by atoms with Gasteiger partial charge in [-0.2, -0.15) is 15.3 Å². The van der Waals surface area contributed by atoms with Crippen molar-refractivity contribution in [2.24, 2.45) is 0 Å². The summed E-state index contributed by atoms with van der Waals surface area (Å²) >= 11 is 7.27. The predicted molar refractivity (Wildman–Crippen MR) is 253 cm³/mol. The van der Waals surface area contributed by atoms with Gasteiger partial charge in [-0.15, -0.1) is 12.6 Å². The number of aryl methyl sites for hydroxylation is 2. The summed E-state index contributed by atoms with van der Waals surface area (Å²) in [6, 6.07) is 40.8. The third-order valence-electron chi connectivity index (χ3n) is 9.28. The van der Waals surface area contributed by atoms with Crippen molar-refractivity contribution in [3.8, 4) is 0 Å². The Hall–Kier alpha value is -6.81.